The SMILES string of the molecule is O=C(Nc1ccccc1)C(=O)Nc1cc(F)ccc1F. The molecule has 0 atom stereocenters. The van der Waals surface area contributed by atoms with Crippen molar-refractivity contribution in [3.63, 3.8) is 0 Å². The molecule has 0 bridgehead atoms. The van der Waals surface area contributed by atoms with Crippen LogP contribution in [-0.2, 0) is 9.59 Å². The van der Waals surface area contributed by atoms with Crippen LogP contribution in [0, 0.1) is 11.6 Å². The van der Waals surface area contributed by atoms with E-state index in [2.05, 4.69) is 5.32 Å². The topological polar surface area (TPSA) is 58.2 Å². The molecule has 2 amide bonds. The fourth-order valence-corrected chi connectivity index (χ4v) is 1.48. The van der Waals surface area contributed by atoms with E-state index in [0.29, 0.717) is 5.69 Å². The van der Waals surface area contributed by atoms with Crippen molar-refractivity contribution < 1.29 is 18.4 Å². The number of nitrogens with one attached hydrogen (secondary N) is 2. The first-order valence-corrected chi connectivity index (χ1v) is 5.68. The van der Waals surface area contributed by atoms with Crippen LogP contribution in [0.2, 0.25) is 0 Å². The van der Waals surface area contributed by atoms with Crippen molar-refractivity contribution in [2.45, 2.75) is 0 Å². The second-order valence-electron chi connectivity index (χ2n) is 3.90. The zero-order chi connectivity index (χ0) is 14.5. The van der Waals surface area contributed by atoms with Crippen molar-refractivity contribution in [3.8, 4) is 0 Å². The Morgan fingerprint density at radius 3 is 2.20 bits per heavy atom. The van der Waals surface area contributed by atoms with Gasteiger partial charge >= 0.3 is 11.8 Å². The van der Waals surface area contributed by atoms with Crippen molar-refractivity contribution in [2.24, 2.45) is 0 Å². The number of benzene rings is 2. The second kappa shape index (κ2) is 5.92. The van der Waals surface area contributed by atoms with Crippen LogP contribution in [0.3, 0.4) is 0 Å². The minimum absolute atomic E-state index is 0.391. The summed E-state index contributed by atoms with van der Waals surface area (Å²) in [6.45, 7) is 0. The summed E-state index contributed by atoms with van der Waals surface area (Å²) >= 11 is 0. The molecule has 0 aliphatic heterocycles. The summed E-state index contributed by atoms with van der Waals surface area (Å²) in [5.74, 6) is -3.60. The van der Waals surface area contributed by atoms with Gasteiger partial charge in [-0.05, 0) is 24.3 Å². The number of anilines is 2. The van der Waals surface area contributed by atoms with E-state index in [1.165, 1.54) is 0 Å². The number of carbonyl (C=O) groups is 2. The third-order valence-electron chi connectivity index (χ3n) is 2.41. The summed E-state index contributed by atoms with van der Waals surface area (Å²) in [5.41, 5.74) is 0.0329. The Morgan fingerprint density at radius 1 is 0.850 bits per heavy atom. The molecule has 0 aromatic heterocycles. The van der Waals surface area contributed by atoms with Crippen molar-refractivity contribution in [1.82, 2.24) is 0 Å². The van der Waals surface area contributed by atoms with E-state index >= 15 is 0 Å². The molecular weight excluding hydrogens is 266 g/mol. The molecule has 2 rings (SSSR count). The highest BCUT2D eigenvalue weighted by atomic mass is 19.1. The van der Waals surface area contributed by atoms with Crippen LogP contribution < -0.4 is 10.6 Å². The van der Waals surface area contributed by atoms with E-state index in [0.717, 1.165) is 18.2 Å². The highest BCUT2D eigenvalue weighted by Gasteiger charge is 2.16. The van der Waals surface area contributed by atoms with Crippen LogP contribution in [0.1, 0.15) is 0 Å². The van der Waals surface area contributed by atoms with Gasteiger partial charge in [-0.25, -0.2) is 8.78 Å². The number of rotatable bonds is 2. The van der Waals surface area contributed by atoms with Crippen LogP contribution in [0.25, 0.3) is 0 Å². The molecule has 6 heteroatoms. The van der Waals surface area contributed by atoms with Gasteiger partial charge < -0.3 is 10.6 Å². The Hall–Kier alpha value is -2.76. The van der Waals surface area contributed by atoms with Crippen molar-refractivity contribution in [1.29, 1.82) is 0 Å². The van der Waals surface area contributed by atoms with E-state index in [1.54, 1.807) is 30.3 Å². The van der Waals surface area contributed by atoms with Gasteiger partial charge in [0.15, 0.2) is 0 Å². The smallest absolute Gasteiger partial charge is 0.314 e. The van der Waals surface area contributed by atoms with Gasteiger partial charge in [-0.2, -0.15) is 0 Å². The van der Waals surface area contributed by atoms with E-state index in [-0.39, 0.29) is 0 Å². The molecule has 0 spiro atoms. The Labute approximate surface area is 113 Å². The van der Waals surface area contributed by atoms with Crippen molar-refractivity contribution >= 4 is 23.2 Å². The molecule has 2 aromatic rings. The number of halogens is 2. The number of hydrogen-bond acceptors (Lipinski definition) is 2. The van der Waals surface area contributed by atoms with Crippen molar-refractivity contribution in [2.75, 3.05) is 10.6 Å². The average molecular weight is 276 g/mol. The first kappa shape index (κ1) is 13.7. The molecule has 102 valence electrons. The molecule has 4 nitrogen and oxygen atoms in total. The largest absolute Gasteiger partial charge is 0.318 e. The third kappa shape index (κ3) is 3.38. The third-order valence-corrected chi connectivity index (χ3v) is 2.41. The highest BCUT2D eigenvalue weighted by molar-refractivity contribution is 6.43. The van der Waals surface area contributed by atoms with Crippen LogP contribution in [-0.4, -0.2) is 11.8 Å². The van der Waals surface area contributed by atoms with E-state index in [9.17, 15) is 18.4 Å². The molecule has 20 heavy (non-hydrogen) atoms. The number of para-hydroxylation sites is 1. The molecule has 2 N–H and O–H groups in total. The number of amides is 2. The predicted octanol–water partition coefficient (Wildman–Crippen LogP) is 2.54. The number of hydrogen-bond donors (Lipinski definition) is 2. The van der Waals surface area contributed by atoms with Crippen LogP contribution >= 0.6 is 0 Å². The van der Waals surface area contributed by atoms with Gasteiger partial charge in [0, 0.05) is 11.8 Å². The molecular formula is C14H10F2N2O2. The van der Waals surface area contributed by atoms with Gasteiger partial charge in [0.05, 0.1) is 5.69 Å². The van der Waals surface area contributed by atoms with Crippen LogP contribution in [0.5, 0.6) is 0 Å². The van der Waals surface area contributed by atoms with Gasteiger partial charge in [-0.3, -0.25) is 9.59 Å². The molecule has 2 aromatic carbocycles. The Morgan fingerprint density at radius 2 is 1.50 bits per heavy atom. The summed E-state index contributed by atoms with van der Waals surface area (Å²) < 4.78 is 26.2. The number of carbonyl (C=O) groups excluding carboxylic acids is 2. The molecule has 0 unspecified atom stereocenters. The van der Waals surface area contributed by atoms with E-state index < -0.39 is 29.1 Å². The fraction of sp³-hybridized carbons (Fsp3) is 0. The second-order valence-corrected chi connectivity index (χ2v) is 3.90. The standard InChI is InChI=1S/C14H10F2N2O2/c15-9-6-7-11(16)12(8-9)18-14(20)13(19)17-10-4-2-1-3-5-10/h1-8H,(H,17,19)(H,18,20). The average Bonchev–Trinajstić information content (AvgIpc) is 2.44. The van der Waals surface area contributed by atoms with Gasteiger partial charge in [0.25, 0.3) is 0 Å². The molecule has 0 aliphatic carbocycles. The Bertz CT molecular complexity index is 645. The van der Waals surface area contributed by atoms with Gasteiger partial charge in [-0.15, -0.1) is 0 Å². The minimum atomic E-state index is -1.08. The summed E-state index contributed by atoms with van der Waals surface area (Å²) in [5, 5.41) is 4.33. The molecule has 0 radical (unpaired) electrons. The summed E-state index contributed by atoms with van der Waals surface area (Å²) in [4.78, 5) is 23.1. The van der Waals surface area contributed by atoms with Gasteiger partial charge in [0.1, 0.15) is 11.6 Å². The lowest BCUT2D eigenvalue weighted by molar-refractivity contribution is -0.133. The first-order valence-electron chi connectivity index (χ1n) is 5.68. The van der Waals surface area contributed by atoms with Crippen molar-refractivity contribution in [3.05, 3.63) is 60.2 Å². The predicted molar refractivity (Wildman–Crippen MR) is 70.1 cm³/mol. The molecule has 0 aliphatic rings. The molecule has 0 heterocycles. The lowest BCUT2D eigenvalue weighted by Gasteiger charge is -2.07. The lowest BCUT2D eigenvalue weighted by Crippen LogP contribution is -2.29. The zero-order valence-electron chi connectivity index (χ0n) is 10.2. The van der Waals surface area contributed by atoms with Crippen LogP contribution in [0.15, 0.2) is 48.5 Å². The Balaban J connectivity index is 2.04. The maximum Gasteiger partial charge on any atom is 0.314 e. The van der Waals surface area contributed by atoms with Gasteiger partial charge in [0.2, 0.25) is 0 Å². The highest BCUT2D eigenvalue weighted by Crippen LogP contribution is 2.15. The maximum atomic E-state index is 13.3. The normalized spacial score (nSPS) is 9.90. The summed E-state index contributed by atoms with van der Waals surface area (Å²) in [6, 6.07) is 10.9. The quantitative estimate of drug-likeness (QED) is 0.828. The lowest BCUT2D eigenvalue weighted by atomic mass is 10.3. The zero-order valence-corrected chi connectivity index (χ0v) is 10.2. The van der Waals surface area contributed by atoms with Gasteiger partial charge in [-0.1, -0.05) is 18.2 Å². The maximum absolute atomic E-state index is 13.3. The molecule has 0 saturated carbocycles. The molecule has 0 fully saturated rings. The van der Waals surface area contributed by atoms with E-state index in [1.807, 2.05) is 5.32 Å². The summed E-state index contributed by atoms with van der Waals surface area (Å²) in [7, 11) is 0. The monoisotopic (exact) mass is 276 g/mol. The van der Waals surface area contributed by atoms with E-state index in [4.69, 9.17) is 0 Å². The Kier molecular flexibility index (Phi) is 4.05. The molecule has 0 saturated heterocycles. The van der Waals surface area contributed by atoms with Crippen LogP contribution in [0.4, 0.5) is 20.2 Å². The fourth-order valence-electron chi connectivity index (χ4n) is 1.48. The summed E-state index contributed by atoms with van der Waals surface area (Å²) in [6.07, 6.45) is 0. The minimum Gasteiger partial charge on any atom is -0.318 e. The first-order chi connectivity index (χ1) is 9.56.